The topological polar surface area (TPSA) is 568 Å². The molecule has 41 nitrogen and oxygen atoms in total. The molecular weight excluding hydrogens is 1920 g/mol. The SMILES string of the molecule is CCOc1cc(C(=O)OC)c(N)cc1OC.CCOc1cc(C(=O)OC)c(N)cc1OC.CCOc1cc(C(=O)OC)c(NC(=O)c2ccccc2SC)cc1OC.CCOc1cc(C(=O)OC)c([N+](=O)[O-])cc1OC.CCOc1cc(C(=O)OC)c([N+](=O)[O-])cc1OC.CCOc1cc(C(=O)OC)ccc1OC.CSc1ccccc1C(=O)Cl.Cl.N.O=S(Cl)Cl.O=[N+]([O-])O.[Fe]. The van der Waals surface area contributed by atoms with Gasteiger partial charge in [-0.25, -0.2) is 33.0 Å². The summed E-state index contributed by atoms with van der Waals surface area (Å²) >= 11 is 8.32. The van der Waals surface area contributed by atoms with Gasteiger partial charge in [0.2, 0.25) is 9.23 Å². The minimum Gasteiger partial charge on any atom is -0.493 e. The van der Waals surface area contributed by atoms with Crippen molar-refractivity contribution in [3.8, 4) is 69.0 Å². The van der Waals surface area contributed by atoms with E-state index < -0.39 is 65.2 Å². The molecule has 8 aromatic carbocycles. The van der Waals surface area contributed by atoms with Crippen LogP contribution in [0.2, 0.25) is 0 Å². The van der Waals surface area contributed by atoms with E-state index in [-0.39, 0.29) is 109 Å². The van der Waals surface area contributed by atoms with Crippen LogP contribution in [-0.2, 0) is 54.7 Å². The number of halogens is 4. The number of nitrogens with two attached hydrogens (primary N) is 2. The fourth-order valence-electron chi connectivity index (χ4n) is 9.77. The number of ether oxygens (including phenoxy) is 18. The molecule has 8 aromatic rings. The van der Waals surface area contributed by atoms with Crippen molar-refractivity contribution in [2.75, 3.05) is 154 Å². The molecule has 0 bridgehead atoms. The number of thioether (sulfide) groups is 2. The Hall–Kier alpha value is -12.6. The van der Waals surface area contributed by atoms with E-state index >= 15 is 0 Å². The summed E-state index contributed by atoms with van der Waals surface area (Å²) < 4.78 is 99.2. The van der Waals surface area contributed by atoms with Crippen molar-refractivity contribution < 1.29 is 165 Å². The van der Waals surface area contributed by atoms with E-state index in [1.807, 2.05) is 64.5 Å². The predicted molar refractivity (Wildman–Crippen MR) is 491 cm³/mol. The molecule has 0 aliphatic carbocycles. The Morgan fingerprint density at radius 2 is 0.649 bits per heavy atom. The van der Waals surface area contributed by atoms with E-state index in [2.05, 4.69) is 50.4 Å². The summed E-state index contributed by atoms with van der Waals surface area (Å²) in [5.74, 6) is 0.880. The molecule has 0 radical (unpaired) electrons. The Balaban J connectivity index is -0.000000713. The second-order valence-corrected chi connectivity index (χ2v) is 27.3. The van der Waals surface area contributed by atoms with Crippen LogP contribution >= 0.6 is 68.9 Å². The Bertz CT molecular complexity index is 4870. The molecule has 9 N–H and O–H groups in total. The fourth-order valence-corrected chi connectivity index (χ4v) is 11.2. The molecule has 0 heterocycles. The number of anilines is 3. The second kappa shape index (κ2) is 68.5. The minimum atomic E-state index is -1.67. The quantitative estimate of drug-likeness (QED) is 0.00394. The molecule has 0 spiro atoms. The average Bonchev–Trinajstić information content (AvgIpc) is 0.803. The van der Waals surface area contributed by atoms with Crippen LogP contribution in [0.15, 0.2) is 137 Å². The van der Waals surface area contributed by atoms with Crippen molar-refractivity contribution in [1.82, 2.24) is 6.15 Å². The number of benzene rings is 8. The normalized spacial score (nSPS) is 9.40. The van der Waals surface area contributed by atoms with E-state index in [9.17, 15) is 58.6 Å². The minimum absolute atomic E-state index is 0. The molecule has 0 saturated heterocycles. The zero-order valence-electron chi connectivity index (χ0n) is 74.6. The van der Waals surface area contributed by atoms with Gasteiger partial charge in [0.05, 0.1) is 192 Å². The number of hydrogen-bond donors (Lipinski definition) is 5. The zero-order valence-corrected chi connectivity index (χ0v) is 81.2. The zero-order chi connectivity index (χ0) is 97.5. The van der Waals surface area contributed by atoms with Crippen LogP contribution in [0.3, 0.4) is 0 Å². The van der Waals surface area contributed by atoms with Crippen molar-refractivity contribution in [2.45, 2.75) is 51.3 Å². The summed E-state index contributed by atoms with van der Waals surface area (Å²) in [5.41, 5.74) is 13.4. The van der Waals surface area contributed by atoms with Crippen LogP contribution in [0.4, 0.5) is 28.4 Å². The van der Waals surface area contributed by atoms with E-state index in [0.717, 1.165) is 36.1 Å². The van der Waals surface area contributed by atoms with Gasteiger partial charge in [-0.1, -0.05) is 24.3 Å². The Morgan fingerprint density at radius 1 is 0.389 bits per heavy atom. The molecule has 724 valence electrons. The molecular formula is C82H103Cl4FeN7O34S3. The number of amides is 1. The number of hydrogen-bond acceptors (Lipinski definition) is 38. The van der Waals surface area contributed by atoms with Crippen molar-refractivity contribution >= 4 is 154 Å². The van der Waals surface area contributed by atoms with E-state index in [0.29, 0.717) is 114 Å². The van der Waals surface area contributed by atoms with Crippen LogP contribution in [0.5, 0.6) is 69.0 Å². The Kier molecular flexibility index (Phi) is 65.2. The van der Waals surface area contributed by atoms with Crippen molar-refractivity contribution in [3.05, 3.63) is 202 Å². The number of nitrogens with one attached hydrogen (secondary N) is 1. The number of methoxy groups -OCH3 is 12. The number of nitrogen functional groups attached to an aromatic ring is 2. The number of esters is 6. The van der Waals surface area contributed by atoms with Crippen molar-refractivity contribution in [1.29, 1.82) is 0 Å². The maximum atomic E-state index is 12.7. The number of rotatable bonds is 31. The summed E-state index contributed by atoms with van der Waals surface area (Å²) in [5, 5.41) is 37.8. The number of carbonyl (C=O) groups is 8. The molecule has 0 fully saturated rings. The molecule has 0 aliphatic rings. The standard InChI is InChI=1S/C19H21NO5S.2C11H13NO6.2C11H15NO4.C11H14O4.C8H7ClOS.Cl2OS.ClH.Fe.HNO3.H3N/c1-5-25-16-10-13(19(22)24-3)14(11-15(16)23-2)20-18(21)12-8-6-7-9-17(12)26-4;2*1-4-18-10-5-7(11(13)17-3)8(12(14)15)6-9(10)16-2;2*1-4-16-10-5-7(11(13)15-3)8(12)6-9(10)14-2;1-4-15-10-7-8(11(12)14-3)5-6-9(10)13-2;1-11-7-5-3-2-4-6(7)8(9)10;1-4(2)3;;;2-1(3)4;/h6-11H,5H2,1-4H3,(H,20,21);2*5-6H,4H2,1-3H3;2*5-6H,4,12H2,1-3H3;5-7H,4H2,1-3H3;2-5H,1H3;;1H;;(H,2,3,4);1H3. The van der Waals surface area contributed by atoms with Gasteiger partial charge in [-0.3, -0.25) is 29.8 Å². The van der Waals surface area contributed by atoms with Gasteiger partial charge in [0.25, 0.3) is 27.6 Å². The smallest absolute Gasteiger partial charge is 0.345 e. The summed E-state index contributed by atoms with van der Waals surface area (Å²) in [4.78, 5) is 123. The second-order valence-electron chi connectivity index (χ2n) is 22.7. The monoisotopic (exact) mass is 2020 g/mol. The first-order valence-electron chi connectivity index (χ1n) is 36.6. The summed E-state index contributed by atoms with van der Waals surface area (Å²) in [6, 6.07) is 33.4. The molecule has 0 atom stereocenters. The van der Waals surface area contributed by atoms with Gasteiger partial charge in [-0.05, 0) is 108 Å². The summed E-state index contributed by atoms with van der Waals surface area (Å²) in [6.45, 7) is 13.4. The van der Waals surface area contributed by atoms with E-state index in [1.54, 1.807) is 69.5 Å². The van der Waals surface area contributed by atoms with Gasteiger partial charge in [0, 0.05) is 102 Å². The van der Waals surface area contributed by atoms with Gasteiger partial charge < -0.3 is 113 Å². The molecule has 1 amide bonds. The Morgan fingerprint density at radius 3 is 0.931 bits per heavy atom. The number of carbonyl (C=O) groups excluding carboxylic acids is 8. The third kappa shape index (κ3) is 42.2. The molecule has 49 heteroatoms. The molecule has 0 unspecified atom stereocenters. The molecule has 131 heavy (non-hydrogen) atoms. The number of nitro benzene ring substituents is 2. The molecule has 0 saturated carbocycles. The van der Waals surface area contributed by atoms with Gasteiger partial charge in [0.1, 0.15) is 11.1 Å². The van der Waals surface area contributed by atoms with Gasteiger partial charge in [0.15, 0.2) is 69.0 Å². The van der Waals surface area contributed by atoms with Gasteiger partial charge >= 0.3 is 35.8 Å². The number of nitrogens with zero attached hydrogens (tertiary/aromatic N) is 3. The third-order valence-corrected chi connectivity index (χ3v) is 17.1. The molecule has 8 rings (SSSR count). The average molecular weight is 2020 g/mol. The van der Waals surface area contributed by atoms with Crippen LogP contribution < -0.4 is 79.8 Å². The summed E-state index contributed by atoms with van der Waals surface area (Å²) in [7, 11) is 23.7. The summed E-state index contributed by atoms with van der Waals surface area (Å²) in [6.07, 6.45) is 3.81. The van der Waals surface area contributed by atoms with Crippen LogP contribution in [-0.4, -0.2) is 209 Å². The van der Waals surface area contributed by atoms with E-state index in [1.165, 1.54) is 130 Å². The van der Waals surface area contributed by atoms with Crippen LogP contribution in [0.1, 0.15) is 124 Å². The number of nitro groups is 2. The largest absolute Gasteiger partial charge is 0.493 e. The van der Waals surface area contributed by atoms with Gasteiger partial charge in [-0.15, -0.1) is 46.0 Å². The molecule has 0 aliphatic heterocycles. The van der Waals surface area contributed by atoms with Gasteiger partial charge in [-0.2, -0.15) is 0 Å². The van der Waals surface area contributed by atoms with Crippen LogP contribution in [0.25, 0.3) is 0 Å². The van der Waals surface area contributed by atoms with Crippen molar-refractivity contribution in [3.63, 3.8) is 0 Å². The first-order chi connectivity index (χ1) is 60.8. The predicted octanol–water partition coefficient (Wildman–Crippen LogP) is 16.3. The van der Waals surface area contributed by atoms with Crippen molar-refractivity contribution in [2.24, 2.45) is 0 Å². The fraction of sp³-hybridized carbons (Fsp3) is 0.317. The maximum absolute atomic E-state index is 12.7. The molecule has 0 aromatic heterocycles. The maximum Gasteiger partial charge on any atom is 0.345 e. The first-order valence-corrected chi connectivity index (χ1v) is 42.2. The van der Waals surface area contributed by atoms with Crippen LogP contribution in [0, 0.1) is 30.3 Å². The Labute approximate surface area is 796 Å². The third-order valence-electron chi connectivity index (χ3n) is 15.3. The first kappa shape index (κ1) is 125. The van der Waals surface area contributed by atoms with E-state index in [4.69, 9.17) is 104 Å².